The Balaban J connectivity index is 2.21. The van der Waals surface area contributed by atoms with E-state index in [0.717, 1.165) is 5.57 Å². The quantitative estimate of drug-likeness (QED) is 0.443. The highest BCUT2D eigenvalue weighted by Gasteiger charge is 2.51. The van der Waals surface area contributed by atoms with Crippen molar-refractivity contribution in [2.24, 2.45) is 5.73 Å². The highest BCUT2D eigenvalue weighted by molar-refractivity contribution is 8.00. The summed E-state index contributed by atoms with van der Waals surface area (Å²) in [5.74, 6) is 0.000713. The number of carbonyl (C=O) groups excluding carboxylic acids is 2. The average molecular weight is 254 g/mol. The SMILES string of the molecule is C=CCOC(=O)C1=C(C)CS[C@@H]2C(N)C(=O)N12. The zero-order chi connectivity index (χ0) is 12.6. The number of hydrogen-bond donors (Lipinski definition) is 1. The molecule has 2 atom stereocenters. The Morgan fingerprint density at radius 1 is 1.76 bits per heavy atom. The zero-order valence-electron chi connectivity index (χ0n) is 9.51. The van der Waals surface area contributed by atoms with Gasteiger partial charge in [-0.15, -0.1) is 11.8 Å². The largest absolute Gasteiger partial charge is 0.457 e. The van der Waals surface area contributed by atoms with E-state index in [9.17, 15) is 9.59 Å². The van der Waals surface area contributed by atoms with Gasteiger partial charge in [-0.05, 0) is 12.5 Å². The molecule has 0 radical (unpaired) electrons. The number of rotatable bonds is 3. The Kier molecular flexibility index (Phi) is 3.26. The Morgan fingerprint density at radius 3 is 3.12 bits per heavy atom. The summed E-state index contributed by atoms with van der Waals surface area (Å²) >= 11 is 1.57. The highest BCUT2D eigenvalue weighted by atomic mass is 32.2. The van der Waals surface area contributed by atoms with Gasteiger partial charge in [0.1, 0.15) is 23.7 Å². The summed E-state index contributed by atoms with van der Waals surface area (Å²) < 4.78 is 4.98. The molecule has 0 bridgehead atoms. The van der Waals surface area contributed by atoms with E-state index in [2.05, 4.69) is 6.58 Å². The number of thioether (sulfide) groups is 1. The fourth-order valence-electron chi connectivity index (χ4n) is 1.86. The number of carbonyl (C=O) groups is 2. The number of amides is 1. The lowest BCUT2D eigenvalue weighted by Gasteiger charge is -2.48. The van der Waals surface area contributed by atoms with E-state index in [4.69, 9.17) is 10.5 Å². The number of fused-ring (bicyclic) bond motifs is 1. The molecule has 6 heteroatoms. The van der Waals surface area contributed by atoms with Crippen LogP contribution in [0.1, 0.15) is 6.92 Å². The Hall–Kier alpha value is -1.27. The van der Waals surface area contributed by atoms with Crippen LogP contribution in [0, 0.1) is 0 Å². The van der Waals surface area contributed by atoms with Gasteiger partial charge in [0, 0.05) is 5.75 Å². The number of ether oxygens (including phenoxy) is 1. The fraction of sp³-hybridized carbons (Fsp3) is 0.455. The molecule has 2 aliphatic rings. The molecule has 2 aliphatic heterocycles. The van der Waals surface area contributed by atoms with Crippen LogP contribution in [0.3, 0.4) is 0 Å². The van der Waals surface area contributed by atoms with Gasteiger partial charge in [0.2, 0.25) is 5.91 Å². The minimum Gasteiger partial charge on any atom is -0.457 e. The predicted octanol–water partition coefficient (Wildman–Crippen LogP) is 0.232. The van der Waals surface area contributed by atoms with Gasteiger partial charge >= 0.3 is 5.97 Å². The van der Waals surface area contributed by atoms with Crippen LogP contribution in [-0.2, 0) is 14.3 Å². The van der Waals surface area contributed by atoms with Gasteiger partial charge in [-0.25, -0.2) is 4.79 Å². The first-order valence-corrected chi connectivity index (χ1v) is 6.30. The molecular formula is C11H14N2O3S. The van der Waals surface area contributed by atoms with Gasteiger partial charge < -0.3 is 10.5 Å². The summed E-state index contributed by atoms with van der Waals surface area (Å²) in [5, 5.41) is -0.127. The smallest absolute Gasteiger partial charge is 0.355 e. The third kappa shape index (κ3) is 1.87. The number of nitrogens with two attached hydrogens (primary N) is 1. The van der Waals surface area contributed by atoms with E-state index in [1.165, 1.54) is 11.0 Å². The maximum atomic E-state index is 11.8. The van der Waals surface area contributed by atoms with E-state index in [1.807, 2.05) is 6.92 Å². The first kappa shape index (κ1) is 12.2. The van der Waals surface area contributed by atoms with Crippen molar-refractivity contribution in [2.45, 2.75) is 18.3 Å². The number of β-lactam (4-membered cyclic amide) rings is 1. The molecule has 1 unspecified atom stereocenters. The average Bonchev–Trinajstić information content (AvgIpc) is 2.34. The molecule has 0 aliphatic carbocycles. The summed E-state index contributed by atoms with van der Waals surface area (Å²) in [6.45, 7) is 5.44. The van der Waals surface area contributed by atoms with Crippen molar-refractivity contribution in [2.75, 3.05) is 12.4 Å². The predicted molar refractivity (Wildman–Crippen MR) is 64.9 cm³/mol. The number of nitrogens with zero attached hydrogens (tertiary/aromatic N) is 1. The third-order valence-electron chi connectivity index (χ3n) is 2.73. The summed E-state index contributed by atoms with van der Waals surface area (Å²) in [5.41, 5.74) is 6.88. The first-order chi connectivity index (χ1) is 8.07. The van der Waals surface area contributed by atoms with Gasteiger partial charge in [0.05, 0.1) is 0 Å². The van der Waals surface area contributed by atoms with Crippen LogP contribution in [0.15, 0.2) is 23.9 Å². The molecule has 1 saturated heterocycles. The maximum absolute atomic E-state index is 11.8. The molecule has 92 valence electrons. The van der Waals surface area contributed by atoms with Crippen LogP contribution in [0.25, 0.3) is 0 Å². The van der Waals surface area contributed by atoms with Crippen LogP contribution < -0.4 is 5.73 Å². The minimum absolute atomic E-state index is 0.127. The highest BCUT2D eigenvalue weighted by Crippen LogP contribution is 2.39. The van der Waals surface area contributed by atoms with E-state index in [-0.39, 0.29) is 17.9 Å². The molecule has 2 N–H and O–H groups in total. The monoisotopic (exact) mass is 254 g/mol. The van der Waals surface area contributed by atoms with Gasteiger partial charge in [0.15, 0.2) is 0 Å². The standard InChI is InChI=1S/C11H14N2O3S/c1-3-4-16-11(15)8-6(2)5-17-10-7(12)9(14)13(8)10/h3,7,10H,1,4-5,12H2,2H3/t7?,10-/m1/s1. The van der Waals surface area contributed by atoms with Gasteiger partial charge in [-0.3, -0.25) is 9.69 Å². The summed E-state index contributed by atoms with van der Waals surface area (Å²) in [4.78, 5) is 24.9. The molecule has 0 aromatic carbocycles. The maximum Gasteiger partial charge on any atom is 0.355 e. The van der Waals surface area contributed by atoms with Crippen LogP contribution in [-0.4, -0.2) is 40.6 Å². The Bertz CT molecular complexity index is 419. The second-order valence-electron chi connectivity index (χ2n) is 3.95. The Labute approximate surface area is 104 Å². The zero-order valence-corrected chi connectivity index (χ0v) is 10.3. The van der Waals surface area contributed by atoms with Gasteiger partial charge in [-0.2, -0.15) is 0 Å². The van der Waals surface area contributed by atoms with Crippen molar-refractivity contribution in [3.05, 3.63) is 23.9 Å². The summed E-state index contributed by atoms with van der Waals surface area (Å²) in [6, 6.07) is -0.504. The second-order valence-corrected chi connectivity index (χ2v) is 5.06. The molecular weight excluding hydrogens is 240 g/mol. The van der Waals surface area contributed by atoms with Crippen molar-refractivity contribution in [3.8, 4) is 0 Å². The molecule has 1 amide bonds. The van der Waals surface area contributed by atoms with Crippen molar-refractivity contribution < 1.29 is 14.3 Å². The molecule has 0 aromatic rings. The molecule has 2 heterocycles. The topological polar surface area (TPSA) is 72.6 Å². The molecule has 5 nitrogen and oxygen atoms in total. The lowest BCUT2D eigenvalue weighted by molar-refractivity contribution is -0.150. The molecule has 1 fully saturated rings. The molecule has 17 heavy (non-hydrogen) atoms. The second kappa shape index (κ2) is 4.54. The fourth-order valence-corrected chi connectivity index (χ4v) is 3.10. The van der Waals surface area contributed by atoms with E-state index >= 15 is 0 Å². The first-order valence-electron chi connectivity index (χ1n) is 5.26. The van der Waals surface area contributed by atoms with Crippen molar-refractivity contribution >= 4 is 23.6 Å². The van der Waals surface area contributed by atoms with Crippen LogP contribution >= 0.6 is 11.8 Å². The molecule has 0 aromatic heterocycles. The normalized spacial score (nSPS) is 27.4. The van der Waals surface area contributed by atoms with Crippen molar-refractivity contribution in [1.82, 2.24) is 4.90 Å². The van der Waals surface area contributed by atoms with E-state index in [1.54, 1.807) is 11.8 Å². The van der Waals surface area contributed by atoms with Crippen LogP contribution in [0.5, 0.6) is 0 Å². The van der Waals surface area contributed by atoms with Crippen LogP contribution in [0.4, 0.5) is 0 Å². The minimum atomic E-state index is -0.504. The third-order valence-corrected chi connectivity index (χ3v) is 4.17. The lowest BCUT2D eigenvalue weighted by Crippen LogP contribution is -2.68. The van der Waals surface area contributed by atoms with E-state index in [0.29, 0.717) is 11.4 Å². The Morgan fingerprint density at radius 2 is 2.47 bits per heavy atom. The molecule has 0 saturated carbocycles. The van der Waals surface area contributed by atoms with Crippen molar-refractivity contribution in [3.63, 3.8) is 0 Å². The summed E-state index contributed by atoms with van der Waals surface area (Å²) in [6.07, 6.45) is 1.49. The van der Waals surface area contributed by atoms with Crippen LogP contribution in [0.2, 0.25) is 0 Å². The molecule has 2 rings (SSSR count). The van der Waals surface area contributed by atoms with Gasteiger partial charge in [0.25, 0.3) is 0 Å². The molecule has 0 spiro atoms. The van der Waals surface area contributed by atoms with Gasteiger partial charge in [-0.1, -0.05) is 12.7 Å². The number of hydrogen-bond acceptors (Lipinski definition) is 5. The number of esters is 1. The summed E-state index contributed by atoms with van der Waals surface area (Å²) in [7, 11) is 0. The van der Waals surface area contributed by atoms with E-state index < -0.39 is 12.0 Å². The lowest BCUT2D eigenvalue weighted by atomic mass is 10.0. The van der Waals surface area contributed by atoms with Crippen molar-refractivity contribution in [1.29, 1.82) is 0 Å².